The van der Waals surface area contributed by atoms with Gasteiger partial charge in [-0.3, -0.25) is 4.90 Å². The van der Waals surface area contributed by atoms with Gasteiger partial charge in [-0.1, -0.05) is 11.6 Å². The summed E-state index contributed by atoms with van der Waals surface area (Å²) in [5.74, 6) is 0. The monoisotopic (exact) mass is 320 g/mol. The van der Waals surface area contributed by atoms with Gasteiger partial charge in [-0.15, -0.1) is 36.2 Å². The van der Waals surface area contributed by atoms with Gasteiger partial charge in [-0.05, 0) is 11.4 Å². The predicted octanol–water partition coefficient (Wildman–Crippen LogP) is 3.16. The number of nitrogens with one attached hydrogen (secondary N) is 1. The third-order valence-corrected chi connectivity index (χ3v) is 4.15. The second-order valence-corrected chi connectivity index (χ2v) is 4.94. The molecule has 2 nitrogen and oxygen atoms in total. The minimum atomic E-state index is -0.361. The zero-order chi connectivity index (χ0) is 10.7. The third-order valence-electron chi connectivity index (χ3n) is 2.69. The Bertz CT molecular complexity index is 318. The Hall–Kier alpha value is 0.420. The summed E-state index contributed by atoms with van der Waals surface area (Å²) < 4.78 is 13.1. The summed E-state index contributed by atoms with van der Waals surface area (Å²) in [7, 11) is 0. The second-order valence-electron chi connectivity index (χ2n) is 3.59. The molecule has 1 fully saturated rings. The summed E-state index contributed by atoms with van der Waals surface area (Å²) in [6.45, 7) is 3.28. The van der Waals surface area contributed by atoms with E-state index in [-0.39, 0.29) is 37.5 Å². The molecule has 1 atom stereocenters. The van der Waals surface area contributed by atoms with Gasteiger partial charge in [-0.2, -0.15) is 0 Å². The molecule has 1 aliphatic heterocycles. The molecule has 0 unspecified atom stereocenters. The molecule has 0 radical (unpaired) electrons. The number of halogens is 4. The van der Waals surface area contributed by atoms with Crippen molar-refractivity contribution in [3.8, 4) is 0 Å². The van der Waals surface area contributed by atoms with Gasteiger partial charge in [0.05, 0.1) is 11.1 Å². The van der Waals surface area contributed by atoms with E-state index in [1.165, 1.54) is 0 Å². The summed E-state index contributed by atoms with van der Waals surface area (Å²) in [6.07, 6.45) is 0. The van der Waals surface area contributed by atoms with E-state index in [0.717, 1.165) is 31.1 Å². The molecule has 1 N–H and O–H groups in total. The zero-order valence-electron chi connectivity index (χ0n) is 9.20. The van der Waals surface area contributed by atoms with Crippen molar-refractivity contribution in [3.63, 3.8) is 0 Å². The molecule has 100 valence electrons. The van der Waals surface area contributed by atoms with Crippen LogP contribution in [0.25, 0.3) is 0 Å². The standard InChI is InChI=1S/C10H14ClFN2S.2ClH/c11-8-1-6-15-10(8)9(7-12)14-4-2-13-3-5-14;;/h1,6,9,13H,2-5,7H2;2*1H/t9-;;/m0../s1. The molecule has 0 aromatic carbocycles. The Morgan fingerprint density at radius 1 is 1.41 bits per heavy atom. The highest BCUT2D eigenvalue weighted by Crippen LogP contribution is 2.32. The van der Waals surface area contributed by atoms with Gasteiger partial charge in [0, 0.05) is 31.1 Å². The Morgan fingerprint density at radius 2 is 2.06 bits per heavy atom. The third kappa shape index (κ3) is 4.23. The van der Waals surface area contributed by atoms with Crippen LogP contribution in [0.2, 0.25) is 5.02 Å². The molecular weight excluding hydrogens is 306 g/mol. The first-order chi connectivity index (χ1) is 7.33. The fourth-order valence-electron chi connectivity index (χ4n) is 1.87. The highest BCUT2D eigenvalue weighted by Gasteiger charge is 2.24. The van der Waals surface area contributed by atoms with Crippen LogP contribution in [0.5, 0.6) is 0 Å². The van der Waals surface area contributed by atoms with Crippen LogP contribution in [-0.2, 0) is 0 Å². The van der Waals surface area contributed by atoms with Crippen LogP contribution in [-0.4, -0.2) is 37.8 Å². The first-order valence-corrected chi connectivity index (χ1v) is 6.32. The van der Waals surface area contributed by atoms with E-state index >= 15 is 0 Å². The molecule has 17 heavy (non-hydrogen) atoms. The molecule has 0 amide bonds. The first-order valence-electron chi connectivity index (χ1n) is 5.06. The number of alkyl halides is 1. The largest absolute Gasteiger partial charge is 0.314 e. The quantitative estimate of drug-likeness (QED) is 0.920. The first kappa shape index (κ1) is 17.4. The fraction of sp³-hybridized carbons (Fsp3) is 0.600. The Kier molecular flexibility index (Phi) is 8.72. The molecule has 2 rings (SSSR count). The fourth-order valence-corrected chi connectivity index (χ4v) is 3.17. The zero-order valence-corrected chi connectivity index (χ0v) is 12.4. The summed E-state index contributed by atoms with van der Waals surface area (Å²) in [4.78, 5) is 3.12. The highest BCUT2D eigenvalue weighted by molar-refractivity contribution is 7.10. The summed E-state index contributed by atoms with van der Waals surface area (Å²) in [6, 6.07) is 1.69. The van der Waals surface area contributed by atoms with E-state index in [9.17, 15) is 4.39 Å². The highest BCUT2D eigenvalue weighted by atomic mass is 35.5. The molecule has 0 spiro atoms. The van der Waals surface area contributed by atoms with Gasteiger partial charge in [0.2, 0.25) is 0 Å². The maximum absolute atomic E-state index is 13.1. The van der Waals surface area contributed by atoms with Crippen LogP contribution in [0.4, 0.5) is 4.39 Å². The van der Waals surface area contributed by atoms with Crippen molar-refractivity contribution < 1.29 is 4.39 Å². The lowest BCUT2D eigenvalue weighted by atomic mass is 10.2. The van der Waals surface area contributed by atoms with Crippen LogP contribution in [0.15, 0.2) is 11.4 Å². The van der Waals surface area contributed by atoms with E-state index in [4.69, 9.17) is 11.6 Å². The number of thiophene rings is 1. The van der Waals surface area contributed by atoms with Gasteiger partial charge in [-0.25, -0.2) is 4.39 Å². The van der Waals surface area contributed by atoms with Crippen molar-refractivity contribution in [1.82, 2.24) is 10.2 Å². The second kappa shape index (κ2) is 8.51. The van der Waals surface area contributed by atoms with Gasteiger partial charge in [0.15, 0.2) is 0 Å². The van der Waals surface area contributed by atoms with Gasteiger partial charge >= 0.3 is 0 Å². The topological polar surface area (TPSA) is 15.3 Å². The maximum atomic E-state index is 13.1. The van der Waals surface area contributed by atoms with Crippen molar-refractivity contribution in [2.75, 3.05) is 32.9 Å². The lowest BCUT2D eigenvalue weighted by Crippen LogP contribution is -2.45. The Balaban J connectivity index is 0.00000128. The lowest BCUT2D eigenvalue weighted by Gasteiger charge is -2.33. The van der Waals surface area contributed by atoms with Crippen molar-refractivity contribution in [2.24, 2.45) is 0 Å². The van der Waals surface area contributed by atoms with E-state index in [1.54, 1.807) is 11.3 Å². The number of nitrogens with zero attached hydrogens (tertiary/aromatic N) is 1. The molecule has 0 saturated carbocycles. The molecule has 0 bridgehead atoms. The predicted molar refractivity (Wildman–Crippen MR) is 77.0 cm³/mol. The number of piperazine rings is 1. The molecule has 1 aliphatic rings. The maximum Gasteiger partial charge on any atom is 0.110 e. The van der Waals surface area contributed by atoms with Crippen molar-refractivity contribution in [1.29, 1.82) is 0 Å². The Morgan fingerprint density at radius 3 is 2.53 bits per heavy atom. The number of hydrogen-bond acceptors (Lipinski definition) is 3. The molecule has 1 aromatic heterocycles. The average Bonchev–Trinajstić information content (AvgIpc) is 2.68. The van der Waals surface area contributed by atoms with E-state index < -0.39 is 0 Å². The average molecular weight is 322 g/mol. The molecule has 0 aliphatic carbocycles. The smallest absolute Gasteiger partial charge is 0.110 e. The normalized spacial score (nSPS) is 18.0. The van der Waals surface area contributed by atoms with Crippen molar-refractivity contribution in [2.45, 2.75) is 6.04 Å². The van der Waals surface area contributed by atoms with E-state index in [2.05, 4.69) is 10.2 Å². The van der Waals surface area contributed by atoms with Crippen molar-refractivity contribution in [3.05, 3.63) is 21.3 Å². The molecule has 1 saturated heterocycles. The van der Waals surface area contributed by atoms with Crippen LogP contribution in [0.1, 0.15) is 10.9 Å². The Labute approximate surface area is 122 Å². The van der Waals surface area contributed by atoms with E-state index in [0.29, 0.717) is 5.02 Å². The van der Waals surface area contributed by atoms with Crippen LogP contribution >= 0.6 is 47.8 Å². The SMILES string of the molecule is Cl.Cl.FC[C@@H](c1sccc1Cl)N1CCNCC1. The van der Waals surface area contributed by atoms with Crippen LogP contribution < -0.4 is 5.32 Å². The summed E-state index contributed by atoms with van der Waals surface area (Å²) in [5.41, 5.74) is 0. The van der Waals surface area contributed by atoms with Gasteiger partial charge < -0.3 is 5.32 Å². The van der Waals surface area contributed by atoms with E-state index in [1.807, 2.05) is 11.4 Å². The van der Waals surface area contributed by atoms with Gasteiger partial charge in [0.25, 0.3) is 0 Å². The van der Waals surface area contributed by atoms with Crippen molar-refractivity contribution >= 4 is 47.8 Å². The summed E-state index contributed by atoms with van der Waals surface area (Å²) >= 11 is 7.58. The van der Waals surface area contributed by atoms with Gasteiger partial charge in [0.1, 0.15) is 6.67 Å². The number of hydrogen-bond donors (Lipinski definition) is 1. The molecule has 2 heterocycles. The lowest BCUT2D eigenvalue weighted by molar-refractivity contribution is 0.150. The van der Waals surface area contributed by atoms with Crippen LogP contribution in [0, 0.1) is 0 Å². The summed E-state index contributed by atoms with van der Waals surface area (Å²) in [5, 5.41) is 5.87. The minimum Gasteiger partial charge on any atom is -0.314 e. The minimum absolute atomic E-state index is 0. The van der Waals surface area contributed by atoms with Crippen LogP contribution in [0.3, 0.4) is 0 Å². The molecular formula is C10H16Cl3FN2S. The molecule has 1 aromatic rings. The number of rotatable bonds is 3. The molecule has 7 heteroatoms.